The molecule has 0 unspecified atom stereocenters. The van der Waals surface area contributed by atoms with E-state index in [1.165, 1.54) is 11.8 Å². The average Bonchev–Trinajstić information content (AvgIpc) is 2.79. The number of hydrogen-bond acceptors (Lipinski definition) is 7. The predicted molar refractivity (Wildman–Crippen MR) is 123 cm³/mol. The Morgan fingerprint density at radius 1 is 1.00 bits per heavy atom. The summed E-state index contributed by atoms with van der Waals surface area (Å²) >= 11 is 7.39. The summed E-state index contributed by atoms with van der Waals surface area (Å²) in [6.45, 7) is 1.91. The van der Waals surface area contributed by atoms with E-state index < -0.39 is 0 Å². The Balaban J connectivity index is 1.66. The minimum atomic E-state index is -0.152. The van der Waals surface area contributed by atoms with Gasteiger partial charge in [-0.25, -0.2) is 0 Å². The molecule has 0 radical (unpaired) electrons. The van der Waals surface area contributed by atoms with Crippen molar-refractivity contribution in [1.82, 2.24) is 10.2 Å². The molecule has 3 aromatic rings. The Morgan fingerprint density at radius 2 is 1.71 bits per heavy atom. The second-order valence-corrected chi connectivity index (χ2v) is 7.87. The van der Waals surface area contributed by atoms with Gasteiger partial charge >= 0.3 is 0 Å². The number of carbonyl (C=O) groups is 1. The van der Waals surface area contributed by atoms with Gasteiger partial charge in [-0.15, -0.1) is 10.2 Å². The van der Waals surface area contributed by atoms with Crippen LogP contribution in [0.5, 0.6) is 17.2 Å². The summed E-state index contributed by atoms with van der Waals surface area (Å²) in [4.78, 5) is 12.2. The van der Waals surface area contributed by atoms with E-state index in [4.69, 9.17) is 25.8 Å². The quantitative estimate of drug-likeness (QED) is 0.481. The van der Waals surface area contributed by atoms with Crippen LogP contribution in [0.15, 0.2) is 47.5 Å². The molecule has 0 saturated carbocycles. The standard InChI is InChI=1S/C22H22ClN3O4S/c1-13-5-6-15(11-16(13)23)24-20(27)12-31-21-8-7-17(25-26-21)14-9-18(28-2)22(30-4)19(10-14)29-3/h5-11H,12H2,1-4H3,(H,24,27). The Bertz CT molecular complexity index is 1050. The van der Waals surface area contributed by atoms with Gasteiger partial charge in [0.2, 0.25) is 11.7 Å². The van der Waals surface area contributed by atoms with Crippen molar-refractivity contribution in [1.29, 1.82) is 0 Å². The van der Waals surface area contributed by atoms with E-state index in [-0.39, 0.29) is 11.7 Å². The molecule has 0 atom stereocenters. The van der Waals surface area contributed by atoms with Crippen LogP contribution in [-0.4, -0.2) is 43.2 Å². The van der Waals surface area contributed by atoms with E-state index in [1.807, 2.05) is 31.2 Å². The Hall–Kier alpha value is -2.97. The van der Waals surface area contributed by atoms with E-state index in [1.54, 1.807) is 39.5 Å². The minimum absolute atomic E-state index is 0.152. The lowest BCUT2D eigenvalue weighted by Gasteiger charge is -2.13. The van der Waals surface area contributed by atoms with Crippen LogP contribution in [0.4, 0.5) is 5.69 Å². The maximum absolute atomic E-state index is 12.2. The molecule has 2 aromatic carbocycles. The van der Waals surface area contributed by atoms with Gasteiger partial charge in [-0.3, -0.25) is 4.79 Å². The van der Waals surface area contributed by atoms with Gasteiger partial charge in [0.15, 0.2) is 11.5 Å². The van der Waals surface area contributed by atoms with E-state index in [9.17, 15) is 4.79 Å². The number of nitrogens with zero attached hydrogens (tertiary/aromatic N) is 2. The Kier molecular flexibility index (Phi) is 7.59. The molecule has 1 heterocycles. The first kappa shape index (κ1) is 22.7. The van der Waals surface area contributed by atoms with Crippen LogP contribution in [0.2, 0.25) is 5.02 Å². The van der Waals surface area contributed by atoms with Crippen LogP contribution in [0.25, 0.3) is 11.3 Å². The number of rotatable bonds is 8. The zero-order valence-electron chi connectivity index (χ0n) is 17.6. The number of amides is 1. The van der Waals surface area contributed by atoms with Crippen molar-refractivity contribution < 1.29 is 19.0 Å². The van der Waals surface area contributed by atoms with Crippen molar-refractivity contribution in [3.63, 3.8) is 0 Å². The first-order valence-electron chi connectivity index (χ1n) is 9.28. The third-order valence-corrected chi connectivity index (χ3v) is 5.73. The van der Waals surface area contributed by atoms with Crippen molar-refractivity contribution in [2.24, 2.45) is 0 Å². The van der Waals surface area contributed by atoms with E-state index in [0.29, 0.717) is 38.7 Å². The van der Waals surface area contributed by atoms with Crippen LogP contribution in [0.3, 0.4) is 0 Å². The topological polar surface area (TPSA) is 82.6 Å². The Morgan fingerprint density at radius 3 is 2.26 bits per heavy atom. The average molecular weight is 460 g/mol. The van der Waals surface area contributed by atoms with E-state index in [2.05, 4.69) is 15.5 Å². The summed E-state index contributed by atoms with van der Waals surface area (Å²) in [6, 6.07) is 12.6. The fraction of sp³-hybridized carbons (Fsp3) is 0.227. The van der Waals surface area contributed by atoms with Crippen molar-refractivity contribution in [3.05, 3.63) is 53.1 Å². The molecule has 162 valence electrons. The van der Waals surface area contributed by atoms with E-state index >= 15 is 0 Å². The lowest BCUT2D eigenvalue weighted by Crippen LogP contribution is -2.14. The molecule has 0 saturated heterocycles. The molecule has 0 aliphatic rings. The normalized spacial score (nSPS) is 10.5. The van der Waals surface area contributed by atoms with Crippen molar-refractivity contribution in [2.45, 2.75) is 11.9 Å². The molecule has 0 aliphatic carbocycles. The molecule has 0 aliphatic heterocycles. The monoisotopic (exact) mass is 459 g/mol. The number of hydrogen-bond donors (Lipinski definition) is 1. The smallest absolute Gasteiger partial charge is 0.234 e. The van der Waals surface area contributed by atoms with Gasteiger partial charge < -0.3 is 19.5 Å². The van der Waals surface area contributed by atoms with Crippen LogP contribution in [0.1, 0.15) is 5.56 Å². The largest absolute Gasteiger partial charge is 0.493 e. The SMILES string of the molecule is COc1cc(-c2ccc(SCC(=O)Nc3ccc(C)c(Cl)c3)nn2)cc(OC)c1OC. The third-order valence-electron chi connectivity index (χ3n) is 4.41. The molecule has 9 heteroatoms. The number of benzene rings is 2. The lowest BCUT2D eigenvalue weighted by molar-refractivity contribution is -0.113. The fourth-order valence-electron chi connectivity index (χ4n) is 2.79. The summed E-state index contributed by atoms with van der Waals surface area (Å²) in [5, 5.41) is 12.5. The zero-order chi connectivity index (χ0) is 22.4. The molecular weight excluding hydrogens is 438 g/mol. The zero-order valence-corrected chi connectivity index (χ0v) is 19.1. The molecule has 1 amide bonds. The van der Waals surface area contributed by atoms with Crippen molar-refractivity contribution in [3.8, 4) is 28.5 Å². The van der Waals surface area contributed by atoms with Gasteiger partial charge in [0.1, 0.15) is 5.03 Å². The number of halogens is 1. The summed E-state index contributed by atoms with van der Waals surface area (Å²) < 4.78 is 16.1. The number of thioether (sulfide) groups is 1. The van der Waals surface area contributed by atoms with Crippen LogP contribution in [0, 0.1) is 6.92 Å². The van der Waals surface area contributed by atoms with E-state index in [0.717, 1.165) is 11.1 Å². The molecule has 0 bridgehead atoms. The van der Waals surface area contributed by atoms with Crippen molar-refractivity contribution in [2.75, 3.05) is 32.4 Å². The molecule has 31 heavy (non-hydrogen) atoms. The highest BCUT2D eigenvalue weighted by Gasteiger charge is 2.15. The highest BCUT2D eigenvalue weighted by atomic mass is 35.5. The number of carbonyl (C=O) groups excluding carboxylic acids is 1. The van der Waals surface area contributed by atoms with Gasteiger partial charge in [0, 0.05) is 16.3 Å². The fourth-order valence-corrected chi connectivity index (χ4v) is 3.58. The molecule has 1 N–H and O–H groups in total. The third kappa shape index (κ3) is 5.59. The molecule has 3 rings (SSSR count). The number of anilines is 1. The summed E-state index contributed by atoms with van der Waals surface area (Å²) in [5.41, 5.74) is 3.02. The number of methoxy groups -OCH3 is 3. The first-order chi connectivity index (χ1) is 14.9. The van der Waals surface area contributed by atoms with Crippen LogP contribution in [-0.2, 0) is 4.79 Å². The van der Waals surface area contributed by atoms with Crippen LogP contribution < -0.4 is 19.5 Å². The summed E-state index contributed by atoms with van der Waals surface area (Å²) in [7, 11) is 4.67. The van der Waals surface area contributed by atoms with Gasteiger partial charge in [-0.05, 0) is 48.9 Å². The minimum Gasteiger partial charge on any atom is -0.493 e. The summed E-state index contributed by atoms with van der Waals surface area (Å²) in [6.07, 6.45) is 0. The molecular formula is C22H22ClN3O4S. The van der Waals surface area contributed by atoms with Gasteiger partial charge in [-0.1, -0.05) is 29.4 Å². The second-order valence-electron chi connectivity index (χ2n) is 6.47. The molecule has 0 spiro atoms. The predicted octanol–water partition coefficient (Wildman–Crippen LogP) is 4.86. The number of nitrogens with one attached hydrogen (secondary N) is 1. The number of ether oxygens (including phenoxy) is 3. The lowest BCUT2D eigenvalue weighted by atomic mass is 10.1. The molecule has 1 aromatic heterocycles. The van der Waals surface area contributed by atoms with Crippen molar-refractivity contribution >= 4 is 35.0 Å². The van der Waals surface area contributed by atoms with Crippen LogP contribution >= 0.6 is 23.4 Å². The highest BCUT2D eigenvalue weighted by molar-refractivity contribution is 7.99. The van der Waals surface area contributed by atoms with Gasteiger partial charge in [0.25, 0.3) is 0 Å². The molecule has 7 nitrogen and oxygen atoms in total. The highest BCUT2D eigenvalue weighted by Crippen LogP contribution is 2.40. The van der Waals surface area contributed by atoms with Gasteiger partial charge in [0.05, 0.1) is 32.8 Å². The number of aromatic nitrogens is 2. The molecule has 0 fully saturated rings. The summed E-state index contributed by atoms with van der Waals surface area (Å²) in [5.74, 6) is 1.62. The van der Waals surface area contributed by atoms with Gasteiger partial charge in [-0.2, -0.15) is 0 Å². The maximum atomic E-state index is 12.2. The first-order valence-corrected chi connectivity index (χ1v) is 10.6. The number of aryl methyl sites for hydroxylation is 1. The maximum Gasteiger partial charge on any atom is 0.234 e. The second kappa shape index (κ2) is 10.4. The Labute approximate surface area is 190 Å².